The van der Waals surface area contributed by atoms with Crippen LogP contribution in [0.3, 0.4) is 0 Å². The summed E-state index contributed by atoms with van der Waals surface area (Å²) in [6, 6.07) is 7.48. The predicted octanol–water partition coefficient (Wildman–Crippen LogP) is 3.36. The van der Waals surface area contributed by atoms with Crippen LogP contribution in [-0.2, 0) is 17.8 Å². The fourth-order valence-corrected chi connectivity index (χ4v) is 3.51. The number of amides is 1. The van der Waals surface area contributed by atoms with Gasteiger partial charge in [-0.1, -0.05) is 29.4 Å². The minimum atomic E-state index is -0.150. The van der Waals surface area contributed by atoms with Gasteiger partial charge in [0.15, 0.2) is 5.16 Å². The van der Waals surface area contributed by atoms with Crippen LogP contribution in [0.15, 0.2) is 47.3 Å². The predicted molar refractivity (Wildman–Crippen MR) is 96.6 cm³/mol. The summed E-state index contributed by atoms with van der Waals surface area (Å²) in [6.07, 6.45) is 4.10. The van der Waals surface area contributed by atoms with E-state index in [-0.39, 0.29) is 11.7 Å². The molecule has 24 heavy (non-hydrogen) atoms. The molecule has 0 spiro atoms. The molecule has 0 bridgehead atoms. The Balaban J connectivity index is 1.50. The van der Waals surface area contributed by atoms with Crippen LogP contribution in [0.2, 0.25) is 5.02 Å². The van der Waals surface area contributed by atoms with Gasteiger partial charge in [0.05, 0.1) is 10.8 Å². The number of pyridine rings is 1. The molecule has 3 aromatic rings. The highest BCUT2D eigenvalue weighted by Gasteiger charge is 2.10. The summed E-state index contributed by atoms with van der Waals surface area (Å²) in [5, 5.41) is 14.0. The molecule has 0 unspecified atom stereocenters. The van der Waals surface area contributed by atoms with E-state index in [0.717, 1.165) is 18.1 Å². The summed E-state index contributed by atoms with van der Waals surface area (Å²) >= 11 is 8.84. The lowest BCUT2D eigenvalue weighted by Gasteiger charge is -2.06. The number of nitrogens with zero attached hydrogens (tertiary/aromatic N) is 4. The van der Waals surface area contributed by atoms with Crippen LogP contribution < -0.4 is 5.32 Å². The Morgan fingerprint density at radius 3 is 3.04 bits per heavy atom. The van der Waals surface area contributed by atoms with Crippen molar-refractivity contribution in [3.05, 3.63) is 52.1 Å². The number of hydrogen-bond donors (Lipinski definition) is 1. The molecule has 1 N–H and O–H groups in total. The SMILES string of the molecule is O=C(CSc1nncn1CCc1cccs1)Nc1ccc(Cl)cn1. The van der Waals surface area contributed by atoms with Gasteiger partial charge in [0.25, 0.3) is 0 Å². The van der Waals surface area contributed by atoms with Gasteiger partial charge in [0.1, 0.15) is 12.1 Å². The molecule has 0 saturated heterocycles. The standard InChI is InChI=1S/C15H14ClN5OS2/c16-11-3-4-13(17-8-11)19-14(22)9-24-15-20-18-10-21(15)6-5-12-2-1-7-23-12/h1-4,7-8,10H,5-6,9H2,(H,17,19,22). The monoisotopic (exact) mass is 379 g/mol. The van der Waals surface area contributed by atoms with Crippen molar-refractivity contribution in [1.29, 1.82) is 0 Å². The first-order valence-corrected chi connectivity index (χ1v) is 9.39. The second-order valence-corrected chi connectivity index (χ2v) is 7.25. The van der Waals surface area contributed by atoms with Gasteiger partial charge < -0.3 is 9.88 Å². The average Bonchev–Trinajstić information content (AvgIpc) is 3.24. The van der Waals surface area contributed by atoms with E-state index in [1.165, 1.54) is 22.8 Å². The fraction of sp³-hybridized carbons (Fsp3) is 0.200. The highest BCUT2D eigenvalue weighted by Crippen LogP contribution is 2.17. The largest absolute Gasteiger partial charge is 0.310 e. The number of aryl methyl sites for hydroxylation is 2. The minimum absolute atomic E-state index is 0.150. The molecule has 3 heterocycles. The summed E-state index contributed by atoms with van der Waals surface area (Å²) in [5.74, 6) is 0.564. The third-order valence-electron chi connectivity index (χ3n) is 3.09. The number of carbonyl (C=O) groups excluding carboxylic acids is 1. The van der Waals surface area contributed by atoms with Gasteiger partial charge in [-0.2, -0.15) is 0 Å². The molecular weight excluding hydrogens is 366 g/mol. The first-order chi connectivity index (χ1) is 11.7. The Morgan fingerprint density at radius 2 is 2.29 bits per heavy atom. The Hall–Kier alpha value is -1.90. The number of aromatic nitrogens is 4. The van der Waals surface area contributed by atoms with Crippen LogP contribution in [0, 0.1) is 0 Å². The smallest absolute Gasteiger partial charge is 0.236 e. The molecule has 0 atom stereocenters. The number of thiophene rings is 1. The summed E-state index contributed by atoms with van der Waals surface area (Å²) in [5.41, 5.74) is 0. The Kier molecular flexibility index (Phi) is 5.84. The van der Waals surface area contributed by atoms with Crippen molar-refractivity contribution >= 4 is 46.4 Å². The number of nitrogens with one attached hydrogen (secondary N) is 1. The van der Waals surface area contributed by atoms with Crippen molar-refractivity contribution in [2.75, 3.05) is 11.1 Å². The van der Waals surface area contributed by atoms with Crippen molar-refractivity contribution in [2.45, 2.75) is 18.1 Å². The van der Waals surface area contributed by atoms with Gasteiger partial charge in [0.2, 0.25) is 5.91 Å². The minimum Gasteiger partial charge on any atom is -0.310 e. The third-order valence-corrected chi connectivity index (χ3v) is 5.23. The van der Waals surface area contributed by atoms with Gasteiger partial charge in [-0.25, -0.2) is 4.98 Å². The van der Waals surface area contributed by atoms with E-state index >= 15 is 0 Å². The van der Waals surface area contributed by atoms with Crippen LogP contribution in [0.4, 0.5) is 5.82 Å². The molecule has 1 amide bonds. The van der Waals surface area contributed by atoms with E-state index in [9.17, 15) is 4.79 Å². The molecule has 9 heteroatoms. The zero-order valence-electron chi connectivity index (χ0n) is 12.6. The Labute approximate surface area is 152 Å². The number of hydrogen-bond acceptors (Lipinski definition) is 6. The van der Waals surface area contributed by atoms with E-state index in [1.54, 1.807) is 29.8 Å². The third kappa shape index (κ3) is 4.80. The zero-order valence-corrected chi connectivity index (χ0v) is 14.9. The van der Waals surface area contributed by atoms with Crippen LogP contribution in [0.1, 0.15) is 4.88 Å². The van der Waals surface area contributed by atoms with Crippen molar-refractivity contribution in [1.82, 2.24) is 19.7 Å². The second-order valence-electron chi connectivity index (χ2n) is 4.83. The maximum absolute atomic E-state index is 12.0. The molecule has 0 aliphatic rings. The molecular formula is C15H14ClN5OS2. The molecule has 3 rings (SSSR count). The quantitative estimate of drug-likeness (QED) is 0.637. The van der Waals surface area contributed by atoms with Gasteiger partial charge in [0, 0.05) is 17.6 Å². The van der Waals surface area contributed by atoms with E-state index in [2.05, 4.69) is 31.9 Å². The van der Waals surface area contributed by atoms with Gasteiger partial charge in [-0.3, -0.25) is 4.79 Å². The number of anilines is 1. The maximum Gasteiger partial charge on any atom is 0.236 e. The van der Waals surface area contributed by atoms with Crippen molar-refractivity contribution < 1.29 is 4.79 Å². The molecule has 0 radical (unpaired) electrons. The lowest BCUT2D eigenvalue weighted by atomic mass is 10.3. The zero-order chi connectivity index (χ0) is 16.8. The average molecular weight is 380 g/mol. The number of carbonyl (C=O) groups is 1. The van der Waals surface area contributed by atoms with E-state index < -0.39 is 0 Å². The highest BCUT2D eigenvalue weighted by molar-refractivity contribution is 7.99. The molecule has 0 aromatic carbocycles. The van der Waals surface area contributed by atoms with Crippen LogP contribution in [0.5, 0.6) is 0 Å². The lowest BCUT2D eigenvalue weighted by molar-refractivity contribution is -0.113. The molecule has 0 fully saturated rings. The summed E-state index contributed by atoms with van der Waals surface area (Å²) in [7, 11) is 0. The van der Waals surface area contributed by atoms with Crippen molar-refractivity contribution in [2.24, 2.45) is 0 Å². The maximum atomic E-state index is 12.0. The van der Waals surface area contributed by atoms with Gasteiger partial charge in [-0.15, -0.1) is 21.5 Å². The molecule has 3 aromatic heterocycles. The van der Waals surface area contributed by atoms with E-state index in [1.807, 2.05) is 10.6 Å². The fourth-order valence-electron chi connectivity index (χ4n) is 1.95. The topological polar surface area (TPSA) is 72.7 Å². The van der Waals surface area contributed by atoms with Gasteiger partial charge >= 0.3 is 0 Å². The first kappa shape index (κ1) is 16.9. The second kappa shape index (κ2) is 8.27. The number of thioether (sulfide) groups is 1. The summed E-state index contributed by atoms with van der Waals surface area (Å²) in [4.78, 5) is 17.3. The molecule has 0 saturated carbocycles. The molecule has 124 valence electrons. The van der Waals surface area contributed by atoms with E-state index in [4.69, 9.17) is 11.6 Å². The number of halogens is 1. The van der Waals surface area contributed by atoms with Crippen LogP contribution in [0.25, 0.3) is 0 Å². The Morgan fingerprint density at radius 1 is 1.38 bits per heavy atom. The van der Waals surface area contributed by atoms with Crippen molar-refractivity contribution in [3.63, 3.8) is 0 Å². The summed E-state index contributed by atoms with van der Waals surface area (Å²) in [6.45, 7) is 0.788. The summed E-state index contributed by atoms with van der Waals surface area (Å²) < 4.78 is 1.96. The van der Waals surface area contributed by atoms with Crippen LogP contribution >= 0.6 is 34.7 Å². The van der Waals surface area contributed by atoms with Crippen LogP contribution in [-0.4, -0.2) is 31.4 Å². The van der Waals surface area contributed by atoms with Gasteiger partial charge in [-0.05, 0) is 30.0 Å². The van der Waals surface area contributed by atoms with E-state index in [0.29, 0.717) is 10.8 Å². The lowest BCUT2D eigenvalue weighted by Crippen LogP contribution is -2.15. The molecule has 0 aliphatic carbocycles. The van der Waals surface area contributed by atoms with Crippen molar-refractivity contribution in [3.8, 4) is 0 Å². The highest BCUT2D eigenvalue weighted by atomic mass is 35.5. The first-order valence-electron chi connectivity index (χ1n) is 7.15. The number of rotatable bonds is 7. The normalized spacial score (nSPS) is 10.7. The molecule has 0 aliphatic heterocycles. The molecule has 6 nitrogen and oxygen atoms in total. The Bertz CT molecular complexity index is 789.